The van der Waals surface area contributed by atoms with Crippen LogP contribution >= 0.6 is 11.8 Å². The molecule has 0 unspecified atom stereocenters. The number of thioether (sulfide) groups is 1. The Morgan fingerprint density at radius 3 is 2.79 bits per heavy atom. The van der Waals surface area contributed by atoms with Gasteiger partial charge in [-0.15, -0.1) is 0 Å². The number of nitrogens with two attached hydrogens (primary N) is 1. The lowest BCUT2D eigenvalue weighted by Gasteiger charge is -2.25. The molecule has 7 heteroatoms. The van der Waals surface area contributed by atoms with Crippen LogP contribution in [0.4, 0.5) is 5.95 Å². The summed E-state index contributed by atoms with van der Waals surface area (Å²) in [7, 11) is 0. The van der Waals surface area contributed by atoms with Crippen LogP contribution in [-0.4, -0.2) is 27.8 Å². The van der Waals surface area contributed by atoms with Gasteiger partial charge in [0.15, 0.2) is 28.6 Å². The minimum atomic E-state index is -0.369. The summed E-state index contributed by atoms with van der Waals surface area (Å²) in [5.74, 6) is 2.09. The van der Waals surface area contributed by atoms with Gasteiger partial charge in [0, 0.05) is 0 Å². The van der Waals surface area contributed by atoms with Gasteiger partial charge in [-0.2, -0.15) is 9.97 Å². The van der Waals surface area contributed by atoms with E-state index in [2.05, 4.69) is 15.0 Å². The Kier molecular flexibility index (Phi) is 3.12. The number of para-hydroxylation sites is 2. The lowest BCUT2D eigenvalue weighted by atomic mass is 10.2. The van der Waals surface area contributed by atoms with Gasteiger partial charge in [0.2, 0.25) is 5.95 Å². The molecule has 1 atom stereocenters. The number of nitrogen functional groups attached to an aromatic ring is 1. The summed E-state index contributed by atoms with van der Waals surface area (Å²) >= 11 is 1.41. The summed E-state index contributed by atoms with van der Waals surface area (Å²) in [6.07, 6.45) is 1.51. The molecule has 3 rings (SSSR count). The van der Waals surface area contributed by atoms with Crippen LogP contribution in [0, 0.1) is 0 Å². The molecule has 0 spiro atoms. The number of nitrogens with zero attached hydrogens (tertiary/aromatic N) is 3. The maximum Gasteiger partial charge on any atom is 0.224 e. The SMILES string of the molecule is CSc1nc(N)nc([C@@H]2COc3ccccc3O2)n1. The van der Waals surface area contributed by atoms with Crippen LogP contribution in [0.3, 0.4) is 0 Å². The highest BCUT2D eigenvalue weighted by Gasteiger charge is 2.25. The van der Waals surface area contributed by atoms with Crippen molar-refractivity contribution < 1.29 is 9.47 Å². The molecular weight excluding hydrogens is 264 g/mol. The van der Waals surface area contributed by atoms with Crippen molar-refractivity contribution in [3.8, 4) is 11.5 Å². The van der Waals surface area contributed by atoms with Crippen LogP contribution in [0.2, 0.25) is 0 Å². The molecule has 0 aliphatic carbocycles. The largest absolute Gasteiger partial charge is 0.485 e. The van der Waals surface area contributed by atoms with Crippen molar-refractivity contribution in [1.82, 2.24) is 15.0 Å². The van der Waals surface area contributed by atoms with Crippen LogP contribution in [0.25, 0.3) is 0 Å². The molecule has 2 heterocycles. The summed E-state index contributed by atoms with van der Waals surface area (Å²) in [6.45, 7) is 0.355. The molecule has 1 aromatic heterocycles. The lowest BCUT2D eigenvalue weighted by Crippen LogP contribution is -2.24. The van der Waals surface area contributed by atoms with Crippen molar-refractivity contribution in [2.45, 2.75) is 11.3 Å². The number of aromatic nitrogens is 3. The fourth-order valence-electron chi connectivity index (χ4n) is 1.77. The van der Waals surface area contributed by atoms with Gasteiger partial charge in [-0.3, -0.25) is 0 Å². The molecule has 0 saturated carbocycles. The normalized spacial score (nSPS) is 17.2. The van der Waals surface area contributed by atoms with Gasteiger partial charge >= 0.3 is 0 Å². The molecule has 0 bridgehead atoms. The number of hydrogen-bond donors (Lipinski definition) is 1. The van der Waals surface area contributed by atoms with Crippen molar-refractivity contribution in [3.05, 3.63) is 30.1 Å². The summed E-state index contributed by atoms with van der Waals surface area (Å²) < 4.78 is 11.5. The molecule has 19 heavy (non-hydrogen) atoms. The van der Waals surface area contributed by atoms with Crippen LogP contribution < -0.4 is 15.2 Å². The third-order valence-corrected chi connectivity index (χ3v) is 3.18. The summed E-state index contributed by atoms with van der Waals surface area (Å²) in [4.78, 5) is 12.4. The Hall–Kier alpha value is -2.02. The van der Waals surface area contributed by atoms with Gasteiger partial charge in [-0.05, 0) is 18.4 Å². The van der Waals surface area contributed by atoms with Gasteiger partial charge in [-0.1, -0.05) is 23.9 Å². The number of hydrogen-bond acceptors (Lipinski definition) is 7. The topological polar surface area (TPSA) is 83.2 Å². The Morgan fingerprint density at radius 1 is 1.21 bits per heavy atom. The minimum Gasteiger partial charge on any atom is -0.485 e. The van der Waals surface area contributed by atoms with Crippen LogP contribution in [0.1, 0.15) is 11.9 Å². The van der Waals surface area contributed by atoms with E-state index >= 15 is 0 Å². The highest BCUT2D eigenvalue weighted by atomic mass is 32.2. The predicted octanol–water partition coefficient (Wildman–Crippen LogP) is 1.69. The lowest BCUT2D eigenvalue weighted by molar-refractivity contribution is 0.0844. The van der Waals surface area contributed by atoms with E-state index in [9.17, 15) is 0 Å². The van der Waals surface area contributed by atoms with Crippen molar-refractivity contribution in [2.24, 2.45) is 0 Å². The fraction of sp³-hybridized carbons (Fsp3) is 0.250. The second kappa shape index (κ2) is 4.93. The maximum absolute atomic E-state index is 5.83. The molecule has 1 aromatic carbocycles. The molecule has 0 radical (unpaired) electrons. The monoisotopic (exact) mass is 276 g/mol. The van der Waals surface area contributed by atoms with E-state index in [0.29, 0.717) is 23.3 Å². The molecule has 0 amide bonds. The maximum atomic E-state index is 5.83. The Balaban J connectivity index is 1.90. The molecule has 1 aliphatic rings. The Labute approximate surface area is 114 Å². The first-order valence-electron chi connectivity index (χ1n) is 5.70. The highest BCUT2D eigenvalue weighted by Crippen LogP contribution is 2.35. The molecular formula is C12H12N4O2S. The van der Waals surface area contributed by atoms with Gasteiger partial charge in [-0.25, -0.2) is 4.98 Å². The van der Waals surface area contributed by atoms with Crippen molar-refractivity contribution in [3.63, 3.8) is 0 Å². The number of anilines is 1. The fourth-order valence-corrected chi connectivity index (χ4v) is 2.14. The van der Waals surface area contributed by atoms with E-state index in [-0.39, 0.29) is 12.1 Å². The first-order valence-corrected chi connectivity index (χ1v) is 6.92. The third-order valence-electron chi connectivity index (χ3n) is 2.63. The van der Waals surface area contributed by atoms with E-state index in [1.165, 1.54) is 11.8 Å². The van der Waals surface area contributed by atoms with E-state index in [1.807, 2.05) is 30.5 Å². The second-order valence-corrected chi connectivity index (χ2v) is 4.68. The van der Waals surface area contributed by atoms with Gasteiger partial charge in [0.05, 0.1) is 0 Å². The Morgan fingerprint density at radius 2 is 2.00 bits per heavy atom. The molecule has 98 valence electrons. The van der Waals surface area contributed by atoms with Crippen LogP contribution in [-0.2, 0) is 0 Å². The molecule has 0 fully saturated rings. The first-order chi connectivity index (χ1) is 9.26. The summed E-state index contributed by atoms with van der Waals surface area (Å²) in [5.41, 5.74) is 5.66. The third kappa shape index (κ3) is 2.41. The molecule has 2 N–H and O–H groups in total. The Bertz CT molecular complexity index is 608. The average Bonchev–Trinajstić information content (AvgIpc) is 2.46. The van der Waals surface area contributed by atoms with Gasteiger partial charge in [0.1, 0.15) is 6.61 Å². The highest BCUT2D eigenvalue weighted by molar-refractivity contribution is 7.98. The average molecular weight is 276 g/mol. The number of ether oxygens (including phenoxy) is 2. The van der Waals surface area contributed by atoms with E-state index in [4.69, 9.17) is 15.2 Å². The molecule has 2 aromatic rings. The van der Waals surface area contributed by atoms with Crippen molar-refractivity contribution >= 4 is 17.7 Å². The summed E-state index contributed by atoms with van der Waals surface area (Å²) in [6, 6.07) is 7.50. The van der Waals surface area contributed by atoms with Crippen LogP contribution in [0.5, 0.6) is 11.5 Å². The number of rotatable bonds is 2. The minimum absolute atomic E-state index is 0.191. The zero-order valence-corrected chi connectivity index (χ0v) is 11.1. The second-order valence-electron chi connectivity index (χ2n) is 3.90. The van der Waals surface area contributed by atoms with Crippen molar-refractivity contribution in [2.75, 3.05) is 18.6 Å². The van der Waals surface area contributed by atoms with Crippen molar-refractivity contribution in [1.29, 1.82) is 0 Å². The van der Waals surface area contributed by atoms with Gasteiger partial charge in [0.25, 0.3) is 0 Å². The van der Waals surface area contributed by atoms with E-state index < -0.39 is 0 Å². The molecule has 0 saturated heterocycles. The van der Waals surface area contributed by atoms with Gasteiger partial charge < -0.3 is 15.2 Å². The van der Waals surface area contributed by atoms with Crippen LogP contribution in [0.15, 0.2) is 29.4 Å². The number of fused-ring (bicyclic) bond motifs is 1. The zero-order valence-electron chi connectivity index (χ0n) is 10.2. The predicted molar refractivity (Wildman–Crippen MR) is 71.3 cm³/mol. The number of benzene rings is 1. The van der Waals surface area contributed by atoms with E-state index in [1.54, 1.807) is 0 Å². The zero-order chi connectivity index (χ0) is 13.2. The molecule has 6 nitrogen and oxygen atoms in total. The quantitative estimate of drug-likeness (QED) is 0.835. The smallest absolute Gasteiger partial charge is 0.224 e. The van der Waals surface area contributed by atoms with E-state index in [0.717, 1.165) is 5.75 Å². The molecule has 1 aliphatic heterocycles. The first kappa shape index (κ1) is 12.0. The summed E-state index contributed by atoms with van der Waals surface area (Å²) in [5, 5.41) is 0.574. The standard InChI is InChI=1S/C12H12N4O2S/c1-19-12-15-10(14-11(13)16-12)9-6-17-7-4-2-3-5-8(7)18-9/h2-5,9H,6H2,1H3,(H2,13,14,15,16)/t9-/m0/s1.